The minimum atomic E-state index is -1.98. The van der Waals surface area contributed by atoms with Crippen LogP contribution in [0.2, 0.25) is 0 Å². The van der Waals surface area contributed by atoms with E-state index in [0.29, 0.717) is 17.1 Å². The number of hydrogen-bond donors (Lipinski definition) is 1. The van der Waals surface area contributed by atoms with Crippen molar-refractivity contribution in [3.8, 4) is 0 Å². The first kappa shape index (κ1) is 20.0. The van der Waals surface area contributed by atoms with E-state index in [-0.39, 0.29) is 17.6 Å². The molecule has 0 saturated heterocycles. The maximum absolute atomic E-state index is 14.7. The summed E-state index contributed by atoms with van der Waals surface area (Å²) in [5.74, 6) is -3.87. The fraction of sp³-hybridized carbons (Fsp3) is 0.250. The zero-order valence-electron chi connectivity index (χ0n) is 16.0. The molecule has 1 N–H and O–H groups in total. The number of halogens is 4. The topological polar surface area (TPSA) is 68.8 Å². The van der Waals surface area contributed by atoms with E-state index in [9.17, 15) is 22.7 Å². The van der Waals surface area contributed by atoms with Crippen LogP contribution >= 0.6 is 0 Å². The molecule has 0 amide bonds. The molecule has 4 aromatic rings. The van der Waals surface area contributed by atoms with Crippen LogP contribution in [0.4, 0.5) is 17.6 Å². The lowest BCUT2D eigenvalue weighted by atomic mass is 9.86. The Morgan fingerprint density at radius 2 is 1.80 bits per heavy atom. The highest BCUT2D eigenvalue weighted by molar-refractivity contribution is 5.82. The SMILES string of the molecule is Cc1nn([C@H](C)[C@](O)(Cn2cncn2)c2ccc(F)cc2F)c2cc(F)c(F)cc12. The molecule has 0 spiro atoms. The highest BCUT2D eigenvalue weighted by Gasteiger charge is 2.41. The highest BCUT2D eigenvalue weighted by Crippen LogP contribution is 2.38. The summed E-state index contributed by atoms with van der Waals surface area (Å²) in [5, 5.41) is 20.3. The molecule has 0 aliphatic carbocycles. The molecular formula is C20H17F4N5O. The maximum Gasteiger partial charge on any atom is 0.161 e. The summed E-state index contributed by atoms with van der Waals surface area (Å²) in [7, 11) is 0. The molecule has 156 valence electrons. The van der Waals surface area contributed by atoms with E-state index in [1.54, 1.807) is 13.8 Å². The van der Waals surface area contributed by atoms with Crippen molar-refractivity contribution in [2.45, 2.75) is 32.0 Å². The van der Waals surface area contributed by atoms with Gasteiger partial charge >= 0.3 is 0 Å². The molecule has 0 aliphatic heterocycles. The molecule has 2 heterocycles. The summed E-state index contributed by atoms with van der Waals surface area (Å²) in [6.07, 6.45) is 2.58. The van der Waals surface area contributed by atoms with E-state index in [4.69, 9.17) is 0 Å². The van der Waals surface area contributed by atoms with Crippen LogP contribution in [-0.2, 0) is 12.1 Å². The van der Waals surface area contributed by atoms with E-state index >= 15 is 0 Å². The molecule has 0 aliphatic rings. The summed E-state index contributed by atoms with van der Waals surface area (Å²) >= 11 is 0. The smallest absolute Gasteiger partial charge is 0.161 e. The van der Waals surface area contributed by atoms with Crippen molar-refractivity contribution >= 4 is 10.9 Å². The molecular weight excluding hydrogens is 402 g/mol. The van der Waals surface area contributed by atoms with Gasteiger partial charge in [-0.2, -0.15) is 10.2 Å². The number of hydrogen-bond acceptors (Lipinski definition) is 4. The quantitative estimate of drug-likeness (QED) is 0.502. The molecule has 0 unspecified atom stereocenters. The Bertz CT molecular complexity index is 1220. The molecule has 0 saturated carbocycles. The van der Waals surface area contributed by atoms with Gasteiger partial charge in [-0.3, -0.25) is 4.68 Å². The number of rotatable bonds is 5. The second-order valence-electron chi connectivity index (χ2n) is 7.13. The summed E-state index contributed by atoms with van der Waals surface area (Å²) in [6, 6.07) is 3.83. The first-order valence-electron chi connectivity index (χ1n) is 9.05. The Kier molecular flexibility index (Phi) is 4.81. The molecule has 2 atom stereocenters. The Morgan fingerprint density at radius 1 is 1.07 bits per heavy atom. The van der Waals surface area contributed by atoms with Gasteiger partial charge in [-0.1, -0.05) is 6.07 Å². The fourth-order valence-corrected chi connectivity index (χ4v) is 3.63. The zero-order valence-corrected chi connectivity index (χ0v) is 16.0. The Labute approximate surface area is 168 Å². The van der Waals surface area contributed by atoms with Crippen LogP contribution in [0.3, 0.4) is 0 Å². The van der Waals surface area contributed by atoms with Gasteiger partial charge in [0, 0.05) is 23.1 Å². The van der Waals surface area contributed by atoms with Gasteiger partial charge in [0.15, 0.2) is 11.6 Å². The zero-order chi connectivity index (χ0) is 21.6. The maximum atomic E-state index is 14.7. The summed E-state index contributed by atoms with van der Waals surface area (Å²) in [6.45, 7) is 2.91. The second kappa shape index (κ2) is 7.21. The van der Waals surface area contributed by atoms with Gasteiger partial charge in [0.05, 0.1) is 23.8 Å². The predicted octanol–water partition coefficient (Wildman–Crippen LogP) is 3.64. The largest absolute Gasteiger partial charge is 0.381 e. The predicted molar refractivity (Wildman–Crippen MR) is 99.4 cm³/mol. The van der Waals surface area contributed by atoms with E-state index in [1.807, 2.05) is 0 Å². The van der Waals surface area contributed by atoms with Crippen LogP contribution in [0.25, 0.3) is 10.9 Å². The highest BCUT2D eigenvalue weighted by atomic mass is 19.2. The lowest BCUT2D eigenvalue weighted by Gasteiger charge is -2.35. The van der Waals surface area contributed by atoms with Crippen molar-refractivity contribution in [1.82, 2.24) is 24.5 Å². The average molecular weight is 419 g/mol. The number of aliphatic hydroxyl groups is 1. The molecule has 6 nitrogen and oxygen atoms in total. The van der Waals surface area contributed by atoms with Crippen molar-refractivity contribution < 1.29 is 22.7 Å². The van der Waals surface area contributed by atoms with Crippen LogP contribution in [0.15, 0.2) is 43.0 Å². The van der Waals surface area contributed by atoms with E-state index < -0.39 is 34.9 Å². The lowest BCUT2D eigenvalue weighted by molar-refractivity contribution is -0.0355. The second-order valence-corrected chi connectivity index (χ2v) is 7.13. The molecule has 0 bridgehead atoms. The van der Waals surface area contributed by atoms with E-state index in [0.717, 1.165) is 24.3 Å². The average Bonchev–Trinajstić information content (AvgIpc) is 3.30. The van der Waals surface area contributed by atoms with Gasteiger partial charge in [-0.15, -0.1) is 0 Å². The molecule has 2 aromatic heterocycles. The Morgan fingerprint density at radius 3 is 2.47 bits per heavy atom. The summed E-state index contributed by atoms with van der Waals surface area (Å²) in [5.41, 5.74) is -1.56. The van der Waals surface area contributed by atoms with Crippen molar-refractivity contribution in [3.63, 3.8) is 0 Å². The summed E-state index contributed by atoms with van der Waals surface area (Å²) in [4.78, 5) is 3.82. The molecule has 10 heteroatoms. The first-order chi connectivity index (χ1) is 14.2. The van der Waals surface area contributed by atoms with Crippen molar-refractivity contribution in [2.75, 3.05) is 0 Å². The van der Waals surface area contributed by atoms with Crippen LogP contribution in [0, 0.1) is 30.2 Å². The standard InChI is InChI=1S/C20H17F4N5O/c1-11-14-6-17(23)18(24)7-19(14)29(27-11)12(2)20(30,8-28-10-25-9-26-28)15-4-3-13(21)5-16(15)22/h3-7,9-10,12,30H,8H2,1-2H3/t12-,20-/m1/s1. The number of nitrogens with zero attached hydrogens (tertiary/aromatic N) is 5. The van der Waals surface area contributed by atoms with Gasteiger partial charge in [0.2, 0.25) is 0 Å². The lowest BCUT2D eigenvalue weighted by Crippen LogP contribution is -2.41. The van der Waals surface area contributed by atoms with Gasteiger partial charge < -0.3 is 5.11 Å². The molecule has 0 fully saturated rings. The monoisotopic (exact) mass is 419 g/mol. The van der Waals surface area contributed by atoms with Crippen molar-refractivity contribution in [1.29, 1.82) is 0 Å². The number of aryl methyl sites for hydroxylation is 1. The third-order valence-corrected chi connectivity index (χ3v) is 5.26. The third-order valence-electron chi connectivity index (χ3n) is 5.26. The molecule has 2 aromatic carbocycles. The Balaban J connectivity index is 1.91. The van der Waals surface area contributed by atoms with Gasteiger partial charge in [-0.25, -0.2) is 27.2 Å². The molecule has 30 heavy (non-hydrogen) atoms. The summed E-state index contributed by atoms with van der Waals surface area (Å²) < 4.78 is 58.4. The van der Waals surface area contributed by atoms with Crippen LogP contribution in [0.1, 0.15) is 24.2 Å². The van der Waals surface area contributed by atoms with E-state index in [1.165, 1.54) is 22.0 Å². The number of aromatic nitrogens is 5. The molecule has 0 radical (unpaired) electrons. The number of benzene rings is 2. The van der Waals surface area contributed by atoms with Crippen LogP contribution in [-0.4, -0.2) is 29.7 Å². The fourth-order valence-electron chi connectivity index (χ4n) is 3.63. The number of fused-ring (bicyclic) bond motifs is 1. The van der Waals surface area contributed by atoms with E-state index in [2.05, 4.69) is 15.2 Å². The molecule has 4 rings (SSSR count). The third kappa shape index (κ3) is 3.22. The minimum absolute atomic E-state index is 0.198. The first-order valence-corrected chi connectivity index (χ1v) is 9.05. The Hall–Kier alpha value is -3.27. The van der Waals surface area contributed by atoms with Crippen molar-refractivity contribution in [3.05, 3.63) is 77.5 Å². The van der Waals surface area contributed by atoms with Crippen LogP contribution < -0.4 is 0 Å². The van der Waals surface area contributed by atoms with Gasteiger partial charge in [0.1, 0.15) is 29.9 Å². The minimum Gasteiger partial charge on any atom is -0.381 e. The van der Waals surface area contributed by atoms with Gasteiger partial charge in [-0.05, 0) is 26.0 Å². The van der Waals surface area contributed by atoms with Crippen molar-refractivity contribution in [2.24, 2.45) is 0 Å². The normalized spacial score (nSPS) is 14.8. The van der Waals surface area contributed by atoms with Crippen LogP contribution in [0.5, 0.6) is 0 Å². The van der Waals surface area contributed by atoms with Gasteiger partial charge in [0.25, 0.3) is 0 Å².